The van der Waals surface area contributed by atoms with Gasteiger partial charge in [-0.05, 0) is 29.6 Å². The molecular formula is C16H17N3O2S. The van der Waals surface area contributed by atoms with Gasteiger partial charge in [0.2, 0.25) is 0 Å². The molecule has 1 aliphatic heterocycles. The van der Waals surface area contributed by atoms with Crippen LogP contribution in [0.5, 0.6) is 0 Å². The second kappa shape index (κ2) is 6.19. The summed E-state index contributed by atoms with van der Waals surface area (Å²) in [4.78, 5) is 29.0. The van der Waals surface area contributed by atoms with Gasteiger partial charge in [0.15, 0.2) is 0 Å². The highest BCUT2D eigenvalue weighted by Gasteiger charge is 2.25. The maximum Gasteiger partial charge on any atom is 0.264 e. The molecule has 1 aromatic heterocycles. The zero-order valence-corrected chi connectivity index (χ0v) is 12.9. The standard InChI is InChI=1S/C16H17N3O2S/c17-13-4-1-3-12(11-13)15(20)18-6-8-19(9-7-18)16(21)14-5-2-10-22-14/h1-5,10-11H,6-9,17H2. The smallest absolute Gasteiger partial charge is 0.264 e. The van der Waals surface area contributed by atoms with E-state index in [1.807, 2.05) is 17.5 Å². The summed E-state index contributed by atoms with van der Waals surface area (Å²) in [5, 5.41) is 1.90. The topological polar surface area (TPSA) is 66.6 Å². The Morgan fingerprint density at radius 1 is 0.955 bits per heavy atom. The van der Waals surface area contributed by atoms with Gasteiger partial charge in [-0.3, -0.25) is 9.59 Å². The molecule has 0 unspecified atom stereocenters. The summed E-state index contributed by atoms with van der Waals surface area (Å²) in [6, 6.07) is 10.7. The largest absolute Gasteiger partial charge is 0.399 e. The van der Waals surface area contributed by atoms with Crippen LogP contribution in [0.2, 0.25) is 0 Å². The van der Waals surface area contributed by atoms with Crippen LogP contribution in [0.4, 0.5) is 5.69 Å². The first kappa shape index (κ1) is 14.6. The van der Waals surface area contributed by atoms with E-state index < -0.39 is 0 Å². The lowest BCUT2D eigenvalue weighted by Crippen LogP contribution is -2.50. The van der Waals surface area contributed by atoms with Crippen LogP contribution in [0.1, 0.15) is 20.0 Å². The third-order valence-corrected chi connectivity index (χ3v) is 4.58. The number of nitrogen functional groups attached to an aromatic ring is 1. The van der Waals surface area contributed by atoms with Crippen LogP contribution in [0, 0.1) is 0 Å². The number of hydrogen-bond acceptors (Lipinski definition) is 4. The lowest BCUT2D eigenvalue weighted by molar-refractivity contribution is 0.0538. The van der Waals surface area contributed by atoms with E-state index in [-0.39, 0.29) is 11.8 Å². The van der Waals surface area contributed by atoms with E-state index >= 15 is 0 Å². The summed E-state index contributed by atoms with van der Waals surface area (Å²) >= 11 is 1.44. The molecule has 6 heteroatoms. The Hall–Kier alpha value is -2.34. The maximum atomic E-state index is 12.4. The van der Waals surface area contributed by atoms with Crippen molar-refractivity contribution in [3.05, 3.63) is 52.2 Å². The van der Waals surface area contributed by atoms with Crippen LogP contribution >= 0.6 is 11.3 Å². The van der Waals surface area contributed by atoms with Crippen molar-refractivity contribution in [1.29, 1.82) is 0 Å². The molecular weight excluding hydrogens is 298 g/mol. The molecule has 1 aliphatic rings. The summed E-state index contributed by atoms with van der Waals surface area (Å²) in [6.45, 7) is 2.21. The van der Waals surface area contributed by atoms with Crippen molar-refractivity contribution in [2.24, 2.45) is 0 Å². The predicted octanol–water partition coefficient (Wildman–Crippen LogP) is 1.93. The SMILES string of the molecule is Nc1cccc(C(=O)N2CCN(C(=O)c3cccs3)CC2)c1. The highest BCUT2D eigenvalue weighted by Crippen LogP contribution is 2.16. The lowest BCUT2D eigenvalue weighted by atomic mass is 10.1. The highest BCUT2D eigenvalue weighted by atomic mass is 32.1. The minimum atomic E-state index is -0.0319. The van der Waals surface area contributed by atoms with Crippen LogP contribution in [0.3, 0.4) is 0 Å². The van der Waals surface area contributed by atoms with Crippen LogP contribution in [-0.4, -0.2) is 47.8 Å². The Labute approximate surface area is 132 Å². The van der Waals surface area contributed by atoms with Gasteiger partial charge >= 0.3 is 0 Å². The number of rotatable bonds is 2. The molecule has 114 valence electrons. The molecule has 5 nitrogen and oxygen atoms in total. The molecule has 0 spiro atoms. The van der Waals surface area contributed by atoms with E-state index in [0.717, 1.165) is 4.88 Å². The molecule has 1 fully saturated rings. The second-order valence-corrected chi connectivity index (χ2v) is 6.13. The number of nitrogens with zero attached hydrogens (tertiary/aromatic N) is 2. The second-order valence-electron chi connectivity index (χ2n) is 5.19. The van der Waals surface area contributed by atoms with E-state index in [1.165, 1.54) is 11.3 Å². The molecule has 2 aromatic rings. The van der Waals surface area contributed by atoms with Gasteiger partial charge in [0, 0.05) is 37.4 Å². The highest BCUT2D eigenvalue weighted by molar-refractivity contribution is 7.12. The quantitative estimate of drug-likeness (QED) is 0.861. The van der Waals surface area contributed by atoms with E-state index in [2.05, 4.69) is 0 Å². The summed E-state index contributed by atoms with van der Waals surface area (Å²) in [7, 11) is 0. The van der Waals surface area contributed by atoms with Crippen molar-refractivity contribution in [3.63, 3.8) is 0 Å². The van der Waals surface area contributed by atoms with Gasteiger partial charge < -0.3 is 15.5 Å². The van der Waals surface area contributed by atoms with E-state index in [9.17, 15) is 9.59 Å². The van der Waals surface area contributed by atoms with E-state index in [4.69, 9.17) is 5.73 Å². The summed E-state index contributed by atoms with van der Waals surface area (Å²) in [5.74, 6) is 0.0153. The minimum absolute atomic E-state index is 0.0319. The molecule has 1 aromatic carbocycles. The number of anilines is 1. The van der Waals surface area contributed by atoms with Gasteiger partial charge in [-0.25, -0.2) is 0 Å². The fourth-order valence-corrected chi connectivity index (χ4v) is 3.21. The Kier molecular flexibility index (Phi) is 4.11. The number of thiophene rings is 1. The van der Waals surface area contributed by atoms with Crippen molar-refractivity contribution in [2.75, 3.05) is 31.9 Å². The number of benzene rings is 1. The zero-order valence-electron chi connectivity index (χ0n) is 12.1. The average molecular weight is 315 g/mol. The number of nitrogens with two attached hydrogens (primary N) is 1. The molecule has 1 saturated heterocycles. The molecule has 22 heavy (non-hydrogen) atoms. The number of carbonyl (C=O) groups excluding carboxylic acids is 2. The Balaban J connectivity index is 1.62. The first-order chi connectivity index (χ1) is 10.6. The fraction of sp³-hybridized carbons (Fsp3) is 0.250. The van der Waals surface area contributed by atoms with Crippen LogP contribution < -0.4 is 5.73 Å². The Morgan fingerprint density at radius 2 is 1.64 bits per heavy atom. The van der Waals surface area contributed by atoms with Crippen LogP contribution in [-0.2, 0) is 0 Å². The predicted molar refractivity (Wildman–Crippen MR) is 87.0 cm³/mol. The number of carbonyl (C=O) groups is 2. The average Bonchev–Trinajstić information content (AvgIpc) is 3.08. The molecule has 2 heterocycles. The zero-order chi connectivity index (χ0) is 15.5. The van der Waals surface area contributed by atoms with E-state index in [1.54, 1.807) is 34.1 Å². The molecule has 3 rings (SSSR count). The normalized spacial score (nSPS) is 14.9. The van der Waals surface area contributed by atoms with Gasteiger partial charge in [0.05, 0.1) is 4.88 Å². The number of piperazine rings is 1. The fourth-order valence-electron chi connectivity index (χ4n) is 2.52. The monoisotopic (exact) mass is 315 g/mol. The number of hydrogen-bond donors (Lipinski definition) is 1. The van der Waals surface area contributed by atoms with Gasteiger partial charge in [-0.1, -0.05) is 12.1 Å². The minimum Gasteiger partial charge on any atom is -0.399 e. The van der Waals surface area contributed by atoms with Crippen molar-refractivity contribution >= 4 is 28.8 Å². The Morgan fingerprint density at radius 3 is 2.23 bits per heavy atom. The molecule has 0 atom stereocenters. The van der Waals surface area contributed by atoms with Gasteiger partial charge in [-0.15, -0.1) is 11.3 Å². The van der Waals surface area contributed by atoms with Crippen molar-refractivity contribution in [3.8, 4) is 0 Å². The maximum absolute atomic E-state index is 12.4. The molecule has 0 aliphatic carbocycles. The Bertz CT molecular complexity index is 676. The van der Waals surface area contributed by atoms with E-state index in [0.29, 0.717) is 37.4 Å². The first-order valence-electron chi connectivity index (χ1n) is 7.13. The van der Waals surface area contributed by atoms with Crippen molar-refractivity contribution < 1.29 is 9.59 Å². The lowest BCUT2D eigenvalue weighted by Gasteiger charge is -2.34. The third-order valence-electron chi connectivity index (χ3n) is 3.72. The first-order valence-corrected chi connectivity index (χ1v) is 8.01. The third kappa shape index (κ3) is 2.96. The summed E-state index contributed by atoms with van der Waals surface area (Å²) in [6.07, 6.45) is 0. The molecule has 0 saturated carbocycles. The summed E-state index contributed by atoms with van der Waals surface area (Å²) < 4.78 is 0. The molecule has 0 bridgehead atoms. The number of amides is 2. The van der Waals surface area contributed by atoms with Crippen LogP contribution in [0.25, 0.3) is 0 Å². The van der Waals surface area contributed by atoms with Crippen molar-refractivity contribution in [1.82, 2.24) is 9.80 Å². The van der Waals surface area contributed by atoms with Gasteiger partial charge in [-0.2, -0.15) is 0 Å². The van der Waals surface area contributed by atoms with Gasteiger partial charge in [0.25, 0.3) is 11.8 Å². The van der Waals surface area contributed by atoms with Crippen molar-refractivity contribution in [2.45, 2.75) is 0 Å². The molecule has 2 amide bonds. The molecule has 0 radical (unpaired) electrons. The molecule has 2 N–H and O–H groups in total. The summed E-state index contributed by atoms with van der Waals surface area (Å²) in [5.41, 5.74) is 6.90. The van der Waals surface area contributed by atoms with Gasteiger partial charge in [0.1, 0.15) is 0 Å². The van der Waals surface area contributed by atoms with Crippen LogP contribution in [0.15, 0.2) is 41.8 Å².